The number of anilines is 1. The van der Waals surface area contributed by atoms with Gasteiger partial charge >= 0.3 is 0 Å². The first-order chi connectivity index (χ1) is 8.16. The number of aryl methyl sites for hydroxylation is 1. The lowest BCUT2D eigenvalue weighted by Gasteiger charge is -2.21. The van der Waals surface area contributed by atoms with Gasteiger partial charge in [-0.25, -0.2) is 4.39 Å². The number of amides is 1. The molecular formula is C13H16FNO2. The molecule has 1 aromatic rings. The fourth-order valence-electron chi connectivity index (χ4n) is 1.84. The molecule has 1 atom stereocenters. The zero-order chi connectivity index (χ0) is 12.3. The molecule has 4 heteroatoms. The first-order valence-electron chi connectivity index (χ1n) is 5.85. The Labute approximate surface area is 100.0 Å². The summed E-state index contributed by atoms with van der Waals surface area (Å²) in [5.74, 6) is -0.500. The SMILES string of the molecule is Cc1ccc(NC(=O)C2CCCCO2)cc1F. The summed E-state index contributed by atoms with van der Waals surface area (Å²) in [5.41, 5.74) is 1.05. The first-order valence-corrected chi connectivity index (χ1v) is 5.85. The van der Waals surface area contributed by atoms with Crippen molar-refractivity contribution < 1.29 is 13.9 Å². The van der Waals surface area contributed by atoms with Crippen LogP contribution in [-0.4, -0.2) is 18.6 Å². The van der Waals surface area contributed by atoms with E-state index >= 15 is 0 Å². The van der Waals surface area contributed by atoms with Crippen LogP contribution >= 0.6 is 0 Å². The predicted molar refractivity (Wildman–Crippen MR) is 63.4 cm³/mol. The van der Waals surface area contributed by atoms with Crippen molar-refractivity contribution in [3.8, 4) is 0 Å². The maximum Gasteiger partial charge on any atom is 0.253 e. The van der Waals surface area contributed by atoms with Gasteiger partial charge in [0.2, 0.25) is 0 Å². The number of nitrogens with one attached hydrogen (secondary N) is 1. The van der Waals surface area contributed by atoms with E-state index in [4.69, 9.17) is 4.74 Å². The highest BCUT2D eigenvalue weighted by molar-refractivity contribution is 5.94. The number of rotatable bonds is 2. The van der Waals surface area contributed by atoms with E-state index in [1.165, 1.54) is 6.07 Å². The largest absolute Gasteiger partial charge is 0.368 e. The van der Waals surface area contributed by atoms with E-state index in [-0.39, 0.29) is 11.7 Å². The van der Waals surface area contributed by atoms with E-state index in [9.17, 15) is 9.18 Å². The second-order valence-electron chi connectivity index (χ2n) is 4.31. The number of ether oxygens (including phenoxy) is 1. The summed E-state index contributed by atoms with van der Waals surface area (Å²) in [4.78, 5) is 11.8. The highest BCUT2D eigenvalue weighted by atomic mass is 19.1. The van der Waals surface area contributed by atoms with Gasteiger partial charge in [-0.3, -0.25) is 4.79 Å². The molecule has 0 spiro atoms. The number of halogens is 1. The van der Waals surface area contributed by atoms with Crippen LogP contribution in [-0.2, 0) is 9.53 Å². The van der Waals surface area contributed by atoms with Gasteiger partial charge in [0.25, 0.3) is 5.91 Å². The molecular weight excluding hydrogens is 221 g/mol. The molecule has 1 saturated heterocycles. The second kappa shape index (κ2) is 5.27. The third kappa shape index (κ3) is 3.03. The van der Waals surface area contributed by atoms with Crippen LogP contribution in [0.4, 0.5) is 10.1 Å². The van der Waals surface area contributed by atoms with Gasteiger partial charge in [-0.1, -0.05) is 6.07 Å². The lowest BCUT2D eigenvalue weighted by molar-refractivity contribution is -0.129. The van der Waals surface area contributed by atoms with Gasteiger partial charge < -0.3 is 10.1 Å². The fourth-order valence-corrected chi connectivity index (χ4v) is 1.84. The molecule has 1 amide bonds. The van der Waals surface area contributed by atoms with E-state index in [1.54, 1.807) is 19.1 Å². The fraction of sp³-hybridized carbons (Fsp3) is 0.462. The molecule has 0 radical (unpaired) electrons. The lowest BCUT2D eigenvalue weighted by atomic mass is 10.1. The predicted octanol–water partition coefficient (Wildman–Crippen LogP) is 2.64. The van der Waals surface area contributed by atoms with Crippen LogP contribution in [0.2, 0.25) is 0 Å². The number of benzene rings is 1. The van der Waals surface area contributed by atoms with Crippen molar-refractivity contribution in [1.82, 2.24) is 0 Å². The van der Waals surface area contributed by atoms with E-state index in [2.05, 4.69) is 5.32 Å². The molecule has 1 aliphatic heterocycles. The van der Waals surface area contributed by atoms with E-state index in [1.807, 2.05) is 0 Å². The molecule has 0 aromatic heterocycles. The van der Waals surface area contributed by atoms with E-state index in [0.717, 1.165) is 19.3 Å². The summed E-state index contributed by atoms with van der Waals surface area (Å²) in [6.45, 7) is 2.31. The van der Waals surface area contributed by atoms with Crippen molar-refractivity contribution in [1.29, 1.82) is 0 Å². The zero-order valence-electron chi connectivity index (χ0n) is 9.83. The summed E-state index contributed by atoms with van der Waals surface area (Å²) >= 11 is 0. The van der Waals surface area contributed by atoms with Crippen LogP contribution in [0.25, 0.3) is 0 Å². The molecule has 1 aromatic carbocycles. The van der Waals surface area contributed by atoms with E-state index < -0.39 is 6.10 Å². The number of hydrogen-bond donors (Lipinski definition) is 1. The van der Waals surface area contributed by atoms with Crippen LogP contribution < -0.4 is 5.32 Å². The van der Waals surface area contributed by atoms with Gasteiger partial charge in [0, 0.05) is 12.3 Å². The summed E-state index contributed by atoms with van der Waals surface area (Å²) in [7, 11) is 0. The topological polar surface area (TPSA) is 38.3 Å². The molecule has 0 saturated carbocycles. The Morgan fingerprint density at radius 2 is 2.29 bits per heavy atom. The molecule has 1 heterocycles. The monoisotopic (exact) mass is 237 g/mol. The highest BCUT2D eigenvalue weighted by Crippen LogP contribution is 2.17. The van der Waals surface area contributed by atoms with Gasteiger partial charge in [0.1, 0.15) is 11.9 Å². The minimum Gasteiger partial charge on any atom is -0.368 e. The Morgan fingerprint density at radius 1 is 1.47 bits per heavy atom. The minimum absolute atomic E-state index is 0.187. The zero-order valence-corrected chi connectivity index (χ0v) is 9.83. The third-order valence-electron chi connectivity index (χ3n) is 2.91. The summed E-state index contributed by atoms with van der Waals surface area (Å²) in [5, 5.41) is 2.68. The maximum absolute atomic E-state index is 13.3. The van der Waals surface area contributed by atoms with Crippen molar-refractivity contribution >= 4 is 11.6 Å². The minimum atomic E-state index is -0.395. The van der Waals surface area contributed by atoms with E-state index in [0.29, 0.717) is 17.9 Å². The molecule has 3 nitrogen and oxygen atoms in total. The van der Waals surface area contributed by atoms with Gasteiger partial charge in [0.15, 0.2) is 0 Å². The van der Waals surface area contributed by atoms with Gasteiger partial charge in [-0.2, -0.15) is 0 Å². The number of carbonyl (C=O) groups excluding carboxylic acids is 1. The summed E-state index contributed by atoms with van der Waals surface area (Å²) < 4.78 is 18.6. The summed E-state index contributed by atoms with van der Waals surface area (Å²) in [6.07, 6.45) is 2.34. The lowest BCUT2D eigenvalue weighted by Crippen LogP contribution is -2.33. The van der Waals surface area contributed by atoms with Crippen LogP contribution in [0.5, 0.6) is 0 Å². The molecule has 1 unspecified atom stereocenters. The van der Waals surface area contributed by atoms with Crippen LogP contribution in [0.1, 0.15) is 24.8 Å². The Bertz CT molecular complexity index is 414. The number of hydrogen-bond acceptors (Lipinski definition) is 2. The molecule has 0 aliphatic carbocycles. The standard InChI is InChI=1S/C13H16FNO2/c1-9-5-6-10(8-11(9)14)15-13(16)12-4-2-3-7-17-12/h5-6,8,12H,2-4,7H2,1H3,(H,15,16). The normalized spacial score (nSPS) is 20.0. The molecule has 92 valence electrons. The first kappa shape index (κ1) is 12.0. The van der Waals surface area contributed by atoms with Crippen molar-refractivity contribution in [3.05, 3.63) is 29.6 Å². The van der Waals surface area contributed by atoms with Gasteiger partial charge in [-0.15, -0.1) is 0 Å². The number of carbonyl (C=O) groups is 1. The van der Waals surface area contributed by atoms with Gasteiger partial charge in [0.05, 0.1) is 0 Å². The van der Waals surface area contributed by atoms with Gasteiger partial charge in [-0.05, 0) is 43.9 Å². The molecule has 17 heavy (non-hydrogen) atoms. The molecule has 1 N–H and O–H groups in total. The molecule has 1 fully saturated rings. The molecule has 1 aliphatic rings. The van der Waals surface area contributed by atoms with Crippen LogP contribution in [0.15, 0.2) is 18.2 Å². The molecule has 2 rings (SSSR count). The highest BCUT2D eigenvalue weighted by Gasteiger charge is 2.21. The van der Waals surface area contributed by atoms with Crippen molar-refractivity contribution in [2.45, 2.75) is 32.3 Å². The Morgan fingerprint density at radius 3 is 2.94 bits per heavy atom. The smallest absolute Gasteiger partial charge is 0.253 e. The third-order valence-corrected chi connectivity index (χ3v) is 2.91. The van der Waals surface area contributed by atoms with Crippen molar-refractivity contribution in [2.24, 2.45) is 0 Å². The van der Waals surface area contributed by atoms with Crippen LogP contribution in [0.3, 0.4) is 0 Å². The molecule has 0 bridgehead atoms. The van der Waals surface area contributed by atoms with Crippen molar-refractivity contribution in [2.75, 3.05) is 11.9 Å². The van der Waals surface area contributed by atoms with Crippen LogP contribution in [0, 0.1) is 12.7 Å². The summed E-state index contributed by atoms with van der Waals surface area (Å²) in [6, 6.07) is 4.67. The Balaban J connectivity index is 1.99. The average Bonchev–Trinajstić information content (AvgIpc) is 2.35. The quantitative estimate of drug-likeness (QED) is 0.858. The Kier molecular flexibility index (Phi) is 3.74. The average molecular weight is 237 g/mol. The Hall–Kier alpha value is -1.42. The maximum atomic E-state index is 13.3. The van der Waals surface area contributed by atoms with Crippen molar-refractivity contribution in [3.63, 3.8) is 0 Å². The second-order valence-corrected chi connectivity index (χ2v) is 4.31.